The van der Waals surface area contributed by atoms with Gasteiger partial charge in [0.2, 0.25) is 0 Å². The largest absolute Gasteiger partial charge is 0.417 e. The molecule has 1 unspecified atom stereocenters. The molecule has 0 amide bonds. The number of nitriles is 1. The Labute approximate surface area is 165 Å². The van der Waals surface area contributed by atoms with E-state index in [0.717, 1.165) is 40.7 Å². The molecule has 144 valence electrons. The first kappa shape index (κ1) is 17.3. The highest BCUT2D eigenvalue weighted by Gasteiger charge is 2.36. The fraction of sp³-hybridized carbons (Fsp3) is 0.238. The lowest BCUT2D eigenvalue weighted by Crippen LogP contribution is -2.06. The zero-order chi connectivity index (χ0) is 20.1. The molecular formula is C21H18N6O2. The zero-order valence-electron chi connectivity index (χ0n) is 15.7. The maximum Gasteiger partial charge on any atom is 0.417 e. The average molecular weight is 386 g/mol. The van der Waals surface area contributed by atoms with E-state index in [4.69, 9.17) is 15.4 Å². The molecule has 0 radical (unpaired) electrons. The lowest BCUT2D eigenvalue weighted by Gasteiger charge is -2.10. The van der Waals surface area contributed by atoms with Crippen molar-refractivity contribution < 1.29 is 4.42 Å². The fourth-order valence-corrected chi connectivity index (χ4v) is 3.66. The van der Waals surface area contributed by atoms with Gasteiger partial charge in [0.15, 0.2) is 5.58 Å². The van der Waals surface area contributed by atoms with E-state index in [2.05, 4.69) is 26.3 Å². The van der Waals surface area contributed by atoms with Gasteiger partial charge in [-0.3, -0.25) is 4.98 Å². The fourth-order valence-electron chi connectivity index (χ4n) is 3.66. The Morgan fingerprint density at radius 2 is 2.24 bits per heavy atom. The van der Waals surface area contributed by atoms with Crippen LogP contribution < -0.4 is 16.8 Å². The van der Waals surface area contributed by atoms with E-state index < -0.39 is 5.76 Å². The Balaban J connectivity index is 1.53. The highest BCUT2D eigenvalue weighted by molar-refractivity contribution is 5.95. The molecule has 0 bridgehead atoms. The summed E-state index contributed by atoms with van der Waals surface area (Å²) in [7, 11) is 0. The van der Waals surface area contributed by atoms with Gasteiger partial charge >= 0.3 is 5.76 Å². The van der Waals surface area contributed by atoms with Gasteiger partial charge in [0.1, 0.15) is 11.6 Å². The van der Waals surface area contributed by atoms with E-state index in [9.17, 15) is 4.79 Å². The number of fused-ring (bicyclic) bond motifs is 2. The van der Waals surface area contributed by atoms with Crippen molar-refractivity contribution >= 4 is 33.5 Å². The molecule has 4 N–H and O–H groups in total. The number of oxazole rings is 1. The molecule has 0 aliphatic heterocycles. The van der Waals surface area contributed by atoms with Crippen LogP contribution in [0, 0.1) is 30.1 Å². The van der Waals surface area contributed by atoms with Crippen molar-refractivity contribution in [2.24, 2.45) is 11.8 Å². The van der Waals surface area contributed by atoms with Crippen molar-refractivity contribution in [2.75, 3.05) is 17.6 Å². The van der Waals surface area contributed by atoms with Crippen molar-refractivity contribution in [2.45, 2.75) is 13.3 Å². The molecule has 2 atom stereocenters. The quantitative estimate of drug-likeness (QED) is 0.490. The van der Waals surface area contributed by atoms with Crippen LogP contribution in [0.15, 0.2) is 39.7 Å². The first-order chi connectivity index (χ1) is 14.0. The maximum absolute atomic E-state index is 11.5. The van der Waals surface area contributed by atoms with Crippen LogP contribution in [-0.2, 0) is 0 Å². The molecule has 1 aromatic carbocycles. The standard InChI is InChI=1S/C21H18N6O2/c1-10-2-17-18(29-21(28)27-17)6-14(10)16-4-11-5-19(24-8-13-3-12(13)7-22)25-9-15(11)20(23)26-16/h2,4-6,9,12-13H,3,8H2,1H3,(H2,23,26)(H,24,25)(H,27,28)/t12-,13?/m0/s1. The minimum Gasteiger partial charge on any atom is -0.408 e. The second-order valence-corrected chi connectivity index (χ2v) is 7.47. The molecule has 0 saturated heterocycles. The topological polar surface area (TPSA) is 134 Å². The molecular weight excluding hydrogens is 368 g/mol. The third kappa shape index (κ3) is 3.06. The van der Waals surface area contributed by atoms with Gasteiger partial charge in [-0.2, -0.15) is 5.26 Å². The molecule has 1 aliphatic carbocycles. The summed E-state index contributed by atoms with van der Waals surface area (Å²) in [5.74, 6) is 1.18. The van der Waals surface area contributed by atoms with Crippen LogP contribution in [0.5, 0.6) is 0 Å². The van der Waals surface area contributed by atoms with E-state index in [-0.39, 0.29) is 5.92 Å². The minimum atomic E-state index is -0.487. The summed E-state index contributed by atoms with van der Waals surface area (Å²) < 4.78 is 5.19. The predicted molar refractivity (Wildman–Crippen MR) is 110 cm³/mol. The molecule has 4 aromatic rings. The number of nitrogen functional groups attached to an aromatic ring is 1. The number of nitrogens with zero attached hydrogens (tertiary/aromatic N) is 3. The third-order valence-corrected chi connectivity index (χ3v) is 5.42. The SMILES string of the molecule is Cc1cc2[nH]c(=O)oc2cc1-c1cc2cc(NCC3C[C@H]3C#N)ncc2c(N)n1. The normalized spacial score (nSPS) is 18.1. The molecule has 3 aromatic heterocycles. The first-order valence-corrected chi connectivity index (χ1v) is 9.35. The van der Waals surface area contributed by atoms with Gasteiger partial charge in [-0.1, -0.05) is 0 Å². The molecule has 1 fully saturated rings. The van der Waals surface area contributed by atoms with Gasteiger partial charge in [-0.05, 0) is 54.5 Å². The number of nitrogens with one attached hydrogen (secondary N) is 2. The average Bonchev–Trinajstić information content (AvgIpc) is 3.37. The van der Waals surface area contributed by atoms with Crippen molar-refractivity contribution in [3.8, 4) is 17.3 Å². The lowest BCUT2D eigenvalue weighted by molar-refractivity contribution is 0.555. The van der Waals surface area contributed by atoms with E-state index in [1.807, 2.05) is 25.1 Å². The van der Waals surface area contributed by atoms with Crippen LogP contribution >= 0.6 is 0 Å². The van der Waals surface area contributed by atoms with Gasteiger partial charge in [0, 0.05) is 23.7 Å². The van der Waals surface area contributed by atoms with Gasteiger partial charge in [-0.25, -0.2) is 14.8 Å². The maximum atomic E-state index is 11.5. The summed E-state index contributed by atoms with van der Waals surface area (Å²) >= 11 is 0. The summed E-state index contributed by atoms with van der Waals surface area (Å²) in [6, 6.07) is 9.84. The van der Waals surface area contributed by atoms with Crippen molar-refractivity contribution in [3.63, 3.8) is 0 Å². The van der Waals surface area contributed by atoms with Gasteiger partial charge in [0.25, 0.3) is 0 Å². The number of pyridine rings is 2. The van der Waals surface area contributed by atoms with Crippen molar-refractivity contribution in [3.05, 3.63) is 46.6 Å². The number of H-pyrrole nitrogens is 1. The summed E-state index contributed by atoms with van der Waals surface area (Å²) in [4.78, 5) is 23.1. The van der Waals surface area contributed by atoms with Crippen LogP contribution in [0.4, 0.5) is 11.6 Å². The zero-order valence-corrected chi connectivity index (χ0v) is 15.7. The molecule has 8 nitrogen and oxygen atoms in total. The molecule has 5 rings (SSSR count). The second kappa shape index (κ2) is 6.34. The molecule has 0 spiro atoms. The summed E-state index contributed by atoms with van der Waals surface area (Å²) in [5, 5.41) is 13.9. The van der Waals surface area contributed by atoms with Crippen LogP contribution in [0.25, 0.3) is 33.1 Å². The Morgan fingerprint density at radius 1 is 1.38 bits per heavy atom. The smallest absolute Gasteiger partial charge is 0.408 e. The minimum absolute atomic E-state index is 0.153. The number of aryl methyl sites for hydroxylation is 1. The van der Waals surface area contributed by atoms with E-state index in [1.54, 1.807) is 12.3 Å². The predicted octanol–water partition coefficient (Wildman–Crippen LogP) is 3.19. The Morgan fingerprint density at radius 3 is 3.03 bits per heavy atom. The van der Waals surface area contributed by atoms with Crippen LogP contribution in [0.3, 0.4) is 0 Å². The van der Waals surface area contributed by atoms with Crippen molar-refractivity contribution in [1.82, 2.24) is 15.0 Å². The summed E-state index contributed by atoms with van der Waals surface area (Å²) in [5.41, 5.74) is 9.81. The molecule has 3 heterocycles. The van der Waals surface area contributed by atoms with Gasteiger partial charge < -0.3 is 15.5 Å². The van der Waals surface area contributed by atoms with Gasteiger partial charge in [0.05, 0.1) is 23.2 Å². The Hall–Kier alpha value is -3.86. The second-order valence-electron chi connectivity index (χ2n) is 7.47. The van der Waals surface area contributed by atoms with Crippen LogP contribution in [-0.4, -0.2) is 21.5 Å². The number of hydrogen-bond acceptors (Lipinski definition) is 7. The Bertz CT molecular complexity index is 1360. The van der Waals surface area contributed by atoms with Crippen LogP contribution in [0.2, 0.25) is 0 Å². The number of aromatic nitrogens is 3. The number of rotatable bonds is 4. The van der Waals surface area contributed by atoms with Gasteiger partial charge in [-0.15, -0.1) is 0 Å². The highest BCUT2D eigenvalue weighted by atomic mass is 16.4. The number of hydrogen-bond donors (Lipinski definition) is 3. The molecule has 29 heavy (non-hydrogen) atoms. The molecule has 1 saturated carbocycles. The number of nitrogens with two attached hydrogens (primary N) is 1. The number of benzene rings is 1. The number of aromatic amines is 1. The van der Waals surface area contributed by atoms with E-state index in [1.165, 1.54) is 0 Å². The summed E-state index contributed by atoms with van der Waals surface area (Å²) in [6.07, 6.45) is 2.65. The summed E-state index contributed by atoms with van der Waals surface area (Å²) in [6.45, 7) is 2.68. The Kier molecular flexibility index (Phi) is 3.77. The first-order valence-electron chi connectivity index (χ1n) is 9.35. The van der Waals surface area contributed by atoms with E-state index >= 15 is 0 Å². The highest BCUT2D eigenvalue weighted by Crippen LogP contribution is 2.37. The van der Waals surface area contributed by atoms with Crippen molar-refractivity contribution in [1.29, 1.82) is 5.26 Å². The monoisotopic (exact) mass is 386 g/mol. The van der Waals surface area contributed by atoms with Crippen LogP contribution in [0.1, 0.15) is 12.0 Å². The lowest BCUT2D eigenvalue weighted by atomic mass is 10.0. The van der Waals surface area contributed by atoms with E-state index in [0.29, 0.717) is 28.5 Å². The number of anilines is 2. The molecule has 8 heteroatoms. The molecule has 1 aliphatic rings. The third-order valence-electron chi connectivity index (χ3n) is 5.42.